The highest BCUT2D eigenvalue weighted by atomic mass is 16.3. The van der Waals surface area contributed by atoms with Crippen molar-refractivity contribution in [3.8, 4) is 0 Å². The number of aliphatic hydroxyl groups is 1. The maximum Gasteiger partial charge on any atom is 0.121 e. The van der Waals surface area contributed by atoms with E-state index in [0.29, 0.717) is 0 Å². The van der Waals surface area contributed by atoms with Crippen molar-refractivity contribution in [2.24, 2.45) is 0 Å². The van der Waals surface area contributed by atoms with Crippen molar-refractivity contribution in [1.29, 1.82) is 0 Å². The fraction of sp³-hybridized carbons (Fsp3) is 0.357. The van der Waals surface area contributed by atoms with Crippen molar-refractivity contribution in [2.75, 3.05) is 0 Å². The third kappa shape index (κ3) is 2.39. The SMILES string of the molecule is CCn1nccc1C(O)c1cc(C)cc(C)c1. The molecule has 1 N–H and O–H groups in total. The van der Waals surface area contributed by atoms with E-state index in [0.717, 1.165) is 17.8 Å². The van der Waals surface area contributed by atoms with Crippen LogP contribution in [0.1, 0.15) is 35.4 Å². The van der Waals surface area contributed by atoms with Gasteiger partial charge in [-0.1, -0.05) is 29.3 Å². The molecule has 0 saturated heterocycles. The van der Waals surface area contributed by atoms with Gasteiger partial charge >= 0.3 is 0 Å². The molecule has 1 aromatic carbocycles. The number of nitrogens with zero attached hydrogens (tertiary/aromatic N) is 2. The van der Waals surface area contributed by atoms with Crippen LogP contribution in [0.25, 0.3) is 0 Å². The summed E-state index contributed by atoms with van der Waals surface area (Å²) in [6.45, 7) is 6.87. The molecule has 1 unspecified atom stereocenters. The molecular formula is C14H18N2O. The molecule has 3 heteroatoms. The Hall–Kier alpha value is -1.61. The van der Waals surface area contributed by atoms with Crippen LogP contribution in [0.2, 0.25) is 0 Å². The average molecular weight is 230 g/mol. The number of benzene rings is 1. The quantitative estimate of drug-likeness (QED) is 0.880. The van der Waals surface area contributed by atoms with E-state index >= 15 is 0 Å². The zero-order valence-electron chi connectivity index (χ0n) is 10.5. The normalized spacial score (nSPS) is 12.7. The van der Waals surface area contributed by atoms with Gasteiger partial charge in [-0.3, -0.25) is 4.68 Å². The first kappa shape index (κ1) is 11.9. The molecule has 0 aliphatic carbocycles. The highest BCUT2D eigenvalue weighted by Gasteiger charge is 2.15. The molecule has 90 valence electrons. The predicted molar refractivity (Wildman–Crippen MR) is 67.9 cm³/mol. The van der Waals surface area contributed by atoms with E-state index in [4.69, 9.17) is 0 Å². The largest absolute Gasteiger partial charge is 0.382 e. The monoisotopic (exact) mass is 230 g/mol. The summed E-state index contributed by atoms with van der Waals surface area (Å²) in [5.74, 6) is 0. The molecule has 17 heavy (non-hydrogen) atoms. The number of aliphatic hydroxyl groups excluding tert-OH is 1. The zero-order valence-corrected chi connectivity index (χ0v) is 10.5. The second-order valence-electron chi connectivity index (χ2n) is 4.40. The molecule has 2 rings (SSSR count). The van der Waals surface area contributed by atoms with Crippen LogP contribution >= 0.6 is 0 Å². The molecular weight excluding hydrogens is 212 g/mol. The minimum absolute atomic E-state index is 0.601. The van der Waals surface area contributed by atoms with Crippen molar-refractivity contribution in [2.45, 2.75) is 33.4 Å². The molecule has 3 nitrogen and oxygen atoms in total. The van der Waals surface area contributed by atoms with Gasteiger partial charge in [-0.2, -0.15) is 5.10 Å². The van der Waals surface area contributed by atoms with Crippen molar-refractivity contribution in [1.82, 2.24) is 9.78 Å². The van der Waals surface area contributed by atoms with Gasteiger partial charge in [0.25, 0.3) is 0 Å². The average Bonchev–Trinajstić information content (AvgIpc) is 2.74. The van der Waals surface area contributed by atoms with Crippen molar-refractivity contribution < 1.29 is 5.11 Å². The molecule has 0 fully saturated rings. The van der Waals surface area contributed by atoms with Crippen LogP contribution in [0.4, 0.5) is 0 Å². The Morgan fingerprint density at radius 1 is 1.24 bits per heavy atom. The zero-order chi connectivity index (χ0) is 12.4. The summed E-state index contributed by atoms with van der Waals surface area (Å²) < 4.78 is 1.82. The second-order valence-corrected chi connectivity index (χ2v) is 4.40. The topological polar surface area (TPSA) is 38.0 Å². The summed E-state index contributed by atoms with van der Waals surface area (Å²) in [6, 6.07) is 8.01. The maximum absolute atomic E-state index is 10.4. The molecule has 1 atom stereocenters. The Kier molecular flexibility index (Phi) is 3.29. The van der Waals surface area contributed by atoms with Gasteiger partial charge in [0.1, 0.15) is 6.10 Å². The third-order valence-electron chi connectivity index (χ3n) is 2.89. The Morgan fingerprint density at radius 2 is 1.88 bits per heavy atom. The van der Waals surface area contributed by atoms with Gasteiger partial charge in [0.05, 0.1) is 5.69 Å². The van der Waals surface area contributed by atoms with Crippen molar-refractivity contribution in [3.05, 3.63) is 52.8 Å². The van der Waals surface area contributed by atoms with Crippen LogP contribution < -0.4 is 0 Å². The first-order chi connectivity index (χ1) is 8.11. The highest BCUT2D eigenvalue weighted by molar-refractivity contribution is 5.33. The minimum Gasteiger partial charge on any atom is -0.382 e. The van der Waals surface area contributed by atoms with Crippen LogP contribution in [0.3, 0.4) is 0 Å². The minimum atomic E-state index is -0.601. The molecule has 1 aromatic heterocycles. The summed E-state index contributed by atoms with van der Waals surface area (Å²) >= 11 is 0. The molecule has 0 aliphatic heterocycles. The van der Waals surface area contributed by atoms with E-state index in [1.807, 2.05) is 43.7 Å². The number of aromatic nitrogens is 2. The Morgan fingerprint density at radius 3 is 2.47 bits per heavy atom. The lowest BCUT2D eigenvalue weighted by molar-refractivity contribution is 0.208. The molecule has 2 aromatic rings. The van der Waals surface area contributed by atoms with E-state index in [9.17, 15) is 5.11 Å². The molecule has 0 radical (unpaired) electrons. The number of hydrogen-bond donors (Lipinski definition) is 1. The number of aryl methyl sites for hydroxylation is 3. The molecule has 0 bridgehead atoms. The van der Waals surface area contributed by atoms with Crippen molar-refractivity contribution >= 4 is 0 Å². The van der Waals surface area contributed by atoms with E-state index in [1.54, 1.807) is 6.20 Å². The van der Waals surface area contributed by atoms with Crippen LogP contribution in [0, 0.1) is 13.8 Å². The van der Waals surface area contributed by atoms with E-state index in [-0.39, 0.29) is 0 Å². The summed E-state index contributed by atoms with van der Waals surface area (Å²) in [5.41, 5.74) is 4.11. The summed E-state index contributed by atoms with van der Waals surface area (Å²) in [5, 5.41) is 14.6. The Balaban J connectivity index is 2.39. The van der Waals surface area contributed by atoms with Gasteiger partial charge in [-0.25, -0.2) is 0 Å². The van der Waals surface area contributed by atoms with Crippen LogP contribution in [0.5, 0.6) is 0 Å². The summed E-state index contributed by atoms with van der Waals surface area (Å²) in [4.78, 5) is 0. The smallest absolute Gasteiger partial charge is 0.121 e. The molecule has 0 aliphatic rings. The molecule has 0 spiro atoms. The van der Waals surface area contributed by atoms with Gasteiger partial charge in [-0.05, 0) is 32.4 Å². The second kappa shape index (κ2) is 4.72. The predicted octanol–water partition coefficient (Wildman–Crippen LogP) is 2.60. The fourth-order valence-corrected chi connectivity index (χ4v) is 2.18. The lowest BCUT2D eigenvalue weighted by atomic mass is 10.0. The van der Waals surface area contributed by atoms with Gasteiger partial charge in [0.2, 0.25) is 0 Å². The highest BCUT2D eigenvalue weighted by Crippen LogP contribution is 2.23. The molecule has 1 heterocycles. The van der Waals surface area contributed by atoms with E-state index in [1.165, 1.54) is 11.1 Å². The Bertz CT molecular complexity index is 496. The lowest BCUT2D eigenvalue weighted by Crippen LogP contribution is -2.09. The maximum atomic E-state index is 10.4. The Labute approximate surface area is 102 Å². The van der Waals surface area contributed by atoms with E-state index in [2.05, 4.69) is 11.2 Å². The number of rotatable bonds is 3. The first-order valence-electron chi connectivity index (χ1n) is 5.89. The van der Waals surface area contributed by atoms with E-state index < -0.39 is 6.10 Å². The standard InChI is InChI=1S/C14H18N2O/c1-4-16-13(5-6-15-16)14(17)12-8-10(2)7-11(3)9-12/h5-9,14,17H,4H2,1-3H3. The number of hydrogen-bond acceptors (Lipinski definition) is 2. The van der Waals surface area contributed by atoms with Gasteiger partial charge in [-0.15, -0.1) is 0 Å². The fourth-order valence-electron chi connectivity index (χ4n) is 2.18. The van der Waals surface area contributed by atoms with Gasteiger partial charge in [0.15, 0.2) is 0 Å². The molecule has 0 amide bonds. The van der Waals surface area contributed by atoms with Crippen molar-refractivity contribution in [3.63, 3.8) is 0 Å². The van der Waals surface area contributed by atoms with Crippen LogP contribution in [0.15, 0.2) is 30.5 Å². The van der Waals surface area contributed by atoms with Gasteiger partial charge < -0.3 is 5.11 Å². The molecule has 0 saturated carbocycles. The summed E-state index contributed by atoms with van der Waals surface area (Å²) in [7, 11) is 0. The van der Waals surface area contributed by atoms with Crippen LogP contribution in [-0.4, -0.2) is 14.9 Å². The van der Waals surface area contributed by atoms with Gasteiger partial charge in [0, 0.05) is 12.7 Å². The van der Waals surface area contributed by atoms with Crippen LogP contribution in [-0.2, 0) is 6.54 Å². The first-order valence-corrected chi connectivity index (χ1v) is 5.89. The lowest BCUT2D eigenvalue weighted by Gasteiger charge is -2.14. The summed E-state index contributed by atoms with van der Waals surface area (Å²) in [6.07, 6.45) is 1.13. The third-order valence-corrected chi connectivity index (χ3v) is 2.89.